The van der Waals surface area contributed by atoms with Gasteiger partial charge in [0, 0.05) is 32.5 Å². The van der Waals surface area contributed by atoms with Crippen LogP contribution in [0.1, 0.15) is 5.56 Å². The average Bonchev–Trinajstić information content (AvgIpc) is 2.92. The highest BCUT2D eigenvalue weighted by molar-refractivity contribution is 7.89. The maximum Gasteiger partial charge on any atom is 0.350 e. The molecular weight excluding hydrogens is 354 g/mol. The van der Waals surface area contributed by atoms with Crippen molar-refractivity contribution in [3.63, 3.8) is 0 Å². The van der Waals surface area contributed by atoms with Crippen molar-refractivity contribution in [3.05, 3.63) is 58.6 Å². The lowest BCUT2D eigenvalue weighted by Gasteiger charge is -2.15. The highest BCUT2D eigenvalue weighted by atomic mass is 32.2. The van der Waals surface area contributed by atoms with Gasteiger partial charge in [-0.1, -0.05) is 12.1 Å². The summed E-state index contributed by atoms with van der Waals surface area (Å²) in [5.41, 5.74) is 1.74. The molecule has 2 heterocycles. The van der Waals surface area contributed by atoms with Crippen molar-refractivity contribution in [1.29, 1.82) is 0 Å². The van der Waals surface area contributed by atoms with E-state index in [4.69, 9.17) is 0 Å². The number of benzene rings is 1. The summed E-state index contributed by atoms with van der Waals surface area (Å²) >= 11 is 0. The van der Waals surface area contributed by atoms with Gasteiger partial charge in [-0.3, -0.25) is 4.40 Å². The Kier molecular flexibility index (Phi) is 4.84. The molecule has 0 unspecified atom stereocenters. The fourth-order valence-electron chi connectivity index (χ4n) is 2.60. The number of nitrogens with zero attached hydrogens (tertiary/aromatic N) is 4. The third-order valence-corrected chi connectivity index (χ3v) is 6.04. The van der Waals surface area contributed by atoms with Gasteiger partial charge in [-0.15, -0.1) is 5.10 Å². The SMILES string of the molecule is Cc1ccc(NCCn2nc3ccccn3c2=O)cc1S(=O)(=O)N(C)C. The summed E-state index contributed by atoms with van der Waals surface area (Å²) in [5.74, 6) is 0. The Hall–Kier alpha value is -2.65. The Balaban J connectivity index is 1.76. The summed E-state index contributed by atoms with van der Waals surface area (Å²) in [6, 6.07) is 10.5. The smallest absolute Gasteiger partial charge is 0.350 e. The van der Waals surface area contributed by atoms with Gasteiger partial charge in [0.25, 0.3) is 0 Å². The van der Waals surface area contributed by atoms with Gasteiger partial charge in [-0.25, -0.2) is 22.2 Å². The molecule has 1 N–H and O–H groups in total. The molecule has 0 bridgehead atoms. The van der Waals surface area contributed by atoms with E-state index in [2.05, 4.69) is 10.4 Å². The predicted octanol–water partition coefficient (Wildman–Crippen LogP) is 1.17. The van der Waals surface area contributed by atoms with Crippen LogP contribution in [0.25, 0.3) is 5.65 Å². The second-order valence-corrected chi connectivity index (χ2v) is 8.25. The highest BCUT2D eigenvalue weighted by Gasteiger charge is 2.20. The second kappa shape index (κ2) is 6.93. The largest absolute Gasteiger partial charge is 0.383 e. The maximum atomic E-state index is 12.4. The minimum atomic E-state index is -3.51. The Labute approximate surface area is 151 Å². The first kappa shape index (κ1) is 18.2. The first-order valence-electron chi connectivity index (χ1n) is 8.12. The van der Waals surface area contributed by atoms with Crippen LogP contribution in [-0.2, 0) is 16.6 Å². The zero-order valence-corrected chi connectivity index (χ0v) is 15.7. The Bertz CT molecular complexity index is 1100. The van der Waals surface area contributed by atoms with E-state index < -0.39 is 10.0 Å². The van der Waals surface area contributed by atoms with Crippen molar-refractivity contribution in [2.75, 3.05) is 26.0 Å². The number of sulfonamides is 1. The zero-order chi connectivity index (χ0) is 18.9. The normalized spacial score (nSPS) is 12.0. The van der Waals surface area contributed by atoms with Crippen LogP contribution < -0.4 is 11.0 Å². The van der Waals surface area contributed by atoms with Crippen LogP contribution in [0.15, 0.2) is 52.3 Å². The molecule has 0 saturated heterocycles. The molecule has 8 nitrogen and oxygen atoms in total. The minimum Gasteiger partial charge on any atom is -0.383 e. The van der Waals surface area contributed by atoms with E-state index in [1.54, 1.807) is 37.4 Å². The molecule has 0 aliphatic rings. The van der Waals surface area contributed by atoms with Crippen LogP contribution >= 0.6 is 0 Å². The van der Waals surface area contributed by atoms with Crippen LogP contribution in [0.4, 0.5) is 5.69 Å². The molecule has 3 rings (SSSR count). The topological polar surface area (TPSA) is 88.7 Å². The number of anilines is 1. The highest BCUT2D eigenvalue weighted by Crippen LogP contribution is 2.22. The third-order valence-electron chi connectivity index (χ3n) is 4.09. The van der Waals surface area contributed by atoms with Crippen molar-refractivity contribution in [3.8, 4) is 0 Å². The predicted molar refractivity (Wildman–Crippen MR) is 100.0 cm³/mol. The standard InChI is InChI=1S/C17H21N5O3S/c1-13-7-8-14(12-15(13)26(24,25)20(2)3)18-9-11-22-17(23)21-10-5-4-6-16(21)19-22/h4-8,10,12,18H,9,11H2,1-3H3. The first-order valence-corrected chi connectivity index (χ1v) is 9.56. The number of rotatable bonds is 6. The van der Waals surface area contributed by atoms with Gasteiger partial charge in [0.05, 0.1) is 11.4 Å². The Morgan fingerprint density at radius 2 is 1.96 bits per heavy atom. The first-order chi connectivity index (χ1) is 12.3. The van der Waals surface area contributed by atoms with E-state index in [1.165, 1.54) is 27.5 Å². The van der Waals surface area contributed by atoms with Gasteiger partial charge in [-0.2, -0.15) is 0 Å². The lowest BCUT2D eigenvalue weighted by atomic mass is 10.2. The Morgan fingerprint density at radius 1 is 1.19 bits per heavy atom. The van der Waals surface area contributed by atoms with Crippen LogP contribution in [0.2, 0.25) is 0 Å². The lowest BCUT2D eigenvalue weighted by Crippen LogP contribution is -2.25. The fourth-order valence-corrected chi connectivity index (χ4v) is 3.75. The molecule has 0 fully saturated rings. The summed E-state index contributed by atoms with van der Waals surface area (Å²) in [7, 11) is -0.500. The summed E-state index contributed by atoms with van der Waals surface area (Å²) in [6.07, 6.45) is 1.67. The van der Waals surface area contributed by atoms with Crippen molar-refractivity contribution in [1.82, 2.24) is 18.5 Å². The molecule has 2 aromatic heterocycles. The summed E-state index contributed by atoms with van der Waals surface area (Å²) in [4.78, 5) is 12.5. The van der Waals surface area contributed by atoms with E-state index in [1.807, 2.05) is 12.1 Å². The molecular formula is C17H21N5O3S. The number of aromatic nitrogens is 3. The molecule has 0 atom stereocenters. The molecule has 26 heavy (non-hydrogen) atoms. The molecule has 0 aliphatic carbocycles. The van der Waals surface area contributed by atoms with Gasteiger partial charge in [0.2, 0.25) is 10.0 Å². The zero-order valence-electron chi connectivity index (χ0n) is 14.9. The van der Waals surface area contributed by atoms with Gasteiger partial charge in [0.15, 0.2) is 5.65 Å². The molecule has 0 spiro atoms. The quantitative estimate of drug-likeness (QED) is 0.699. The van der Waals surface area contributed by atoms with Crippen molar-refractivity contribution in [2.24, 2.45) is 0 Å². The number of hydrogen-bond donors (Lipinski definition) is 1. The number of fused-ring (bicyclic) bond motifs is 1. The van der Waals surface area contributed by atoms with Crippen LogP contribution in [0, 0.1) is 6.92 Å². The van der Waals surface area contributed by atoms with Gasteiger partial charge < -0.3 is 5.32 Å². The third kappa shape index (κ3) is 3.35. The summed E-state index contributed by atoms with van der Waals surface area (Å²) in [6.45, 7) is 2.56. The monoisotopic (exact) mass is 375 g/mol. The van der Waals surface area contributed by atoms with Crippen molar-refractivity contribution < 1.29 is 8.42 Å². The number of hydrogen-bond acceptors (Lipinski definition) is 5. The molecule has 9 heteroatoms. The number of aryl methyl sites for hydroxylation is 1. The fraction of sp³-hybridized carbons (Fsp3) is 0.294. The van der Waals surface area contributed by atoms with Gasteiger partial charge in [0.1, 0.15) is 0 Å². The van der Waals surface area contributed by atoms with E-state index in [0.717, 1.165) is 0 Å². The van der Waals surface area contributed by atoms with Crippen molar-refractivity contribution in [2.45, 2.75) is 18.4 Å². The van der Waals surface area contributed by atoms with E-state index in [9.17, 15) is 13.2 Å². The molecule has 3 aromatic rings. The molecule has 138 valence electrons. The summed E-state index contributed by atoms with van der Waals surface area (Å²) < 4.78 is 28.8. The molecule has 0 amide bonds. The van der Waals surface area contributed by atoms with Crippen LogP contribution in [0.5, 0.6) is 0 Å². The van der Waals surface area contributed by atoms with E-state index in [0.29, 0.717) is 30.0 Å². The molecule has 0 saturated carbocycles. The van der Waals surface area contributed by atoms with Crippen molar-refractivity contribution >= 4 is 21.4 Å². The number of pyridine rings is 1. The summed E-state index contributed by atoms with van der Waals surface area (Å²) in [5, 5.41) is 7.41. The molecule has 0 aliphatic heterocycles. The molecule has 0 radical (unpaired) electrons. The van der Waals surface area contributed by atoms with E-state index >= 15 is 0 Å². The number of nitrogens with one attached hydrogen (secondary N) is 1. The van der Waals surface area contributed by atoms with Gasteiger partial charge >= 0.3 is 5.69 Å². The lowest BCUT2D eigenvalue weighted by molar-refractivity contribution is 0.520. The Morgan fingerprint density at radius 3 is 2.65 bits per heavy atom. The average molecular weight is 375 g/mol. The molecule has 1 aromatic carbocycles. The van der Waals surface area contributed by atoms with Crippen LogP contribution in [0.3, 0.4) is 0 Å². The minimum absolute atomic E-state index is 0.206. The van der Waals surface area contributed by atoms with E-state index in [-0.39, 0.29) is 10.6 Å². The second-order valence-electron chi connectivity index (χ2n) is 6.13. The maximum absolute atomic E-state index is 12.4. The van der Waals surface area contributed by atoms with Crippen LogP contribution in [-0.4, -0.2) is 47.5 Å². The van der Waals surface area contributed by atoms with Gasteiger partial charge in [-0.05, 0) is 36.8 Å².